The van der Waals surface area contributed by atoms with Crippen LogP contribution in [0.5, 0.6) is 0 Å². The van der Waals surface area contributed by atoms with E-state index in [1.807, 2.05) is 0 Å². The summed E-state index contributed by atoms with van der Waals surface area (Å²) < 4.78 is 13.3. The maximum Gasteiger partial charge on any atom is 0.326 e. The molecule has 1 fully saturated rings. The Labute approximate surface area is 112 Å². The van der Waals surface area contributed by atoms with Crippen LogP contribution in [-0.4, -0.2) is 34.5 Å². The predicted octanol–water partition coefficient (Wildman–Crippen LogP) is 2.28. The maximum atomic E-state index is 13.1. The largest absolute Gasteiger partial charge is 0.480 e. The summed E-state index contributed by atoms with van der Waals surface area (Å²) in [7, 11) is 0. The van der Waals surface area contributed by atoms with Crippen LogP contribution in [0, 0.1) is 5.82 Å². The highest BCUT2D eigenvalue weighted by atomic mass is 79.9. The molecular formula is C12H11BrFNO3. The van der Waals surface area contributed by atoms with Crippen LogP contribution in [0.1, 0.15) is 23.2 Å². The van der Waals surface area contributed by atoms with Crippen LogP contribution in [0.25, 0.3) is 0 Å². The van der Waals surface area contributed by atoms with Gasteiger partial charge in [0.2, 0.25) is 0 Å². The summed E-state index contributed by atoms with van der Waals surface area (Å²) in [5.41, 5.74) is 0.288. The van der Waals surface area contributed by atoms with E-state index in [0.717, 1.165) is 0 Å². The summed E-state index contributed by atoms with van der Waals surface area (Å²) >= 11 is 3.00. The van der Waals surface area contributed by atoms with E-state index in [9.17, 15) is 14.0 Å². The first-order valence-corrected chi connectivity index (χ1v) is 6.29. The molecule has 4 nitrogen and oxygen atoms in total. The first kappa shape index (κ1) is 13.0. The molecule has 6 heteroatoms. The molecule has 1 aromatic carbocycles. The Kier molecular flexibility index (Phi) is 3.65. The minimum atomic E-state index is -0.998. The van der Waals surface area contributed by atoms with E-state index in [1.54, 1.807) is 0 Å². The van der Waals surface area contributed by atoms with E-state index in [-0.39, 0.29) is 15.9 Å². The molecule has 1 N–H and O–H groups in total. The molecule has 0 aliphatic carbocycles. The zero-order valence-corrected chi connectivity index (χ0v) is 11.0. The van der Waals surface area contributed by atoms with E-state index in [2.05, 4.69) is 15.9 Å². The Morgan fingerprint density at radius 1 is 1.44 bits per heavy atom. The van der Waals surface area contributed by atoms with Gasteiger partial charge >= 0.3 is 5.97 Å². The lowest BCUT2D eigenvalue weighted by molar-refractivity contribution is -0.141. The number of benzene rings is 1. The molecule has 0 aromatic heterocycles. The van der Waals surface area contributed by atoms with E-state index in [0.29, 0.717) is 19.4 Å². The predicted molar refractivity (Wildman–Crippen MR) is 65.8 cm³/mol. The topological polar surface area (TPSA) is 57.6 Å². The standard InChI is InChI=1S/C12H11BrFNO3/c13-8-6-7(3-4-9(8)14)11(16)15-5-1-2-10(15)12(17)18/h3-4,6,10H,1-2,5H2,(H,17,18)/t10-/m0/s1. The van der Waals surface area contributed by atoms with E-state index >= 15 is 0 Å². The molecule has 0 radical (unpaired) electrons. The fourth-order valence-corrected chi connectivity index (χ4v) is 2.44. The van der Waals surface area contributed by atoms with Gasteiger partial charge in [-0.05, 0) is 47.0 Å². The monoisotopic (exact) mass is 315 g/mol. The second kappa shape index (κ2) is 5.06. The van der Waals surface area contributed by atoms with Gasteiger partial charge in [-0.3, -0.25) is 4.79 Å². The van der Waals surface area contributed by atoms with Crippen LogP contribution in [-0.2, 0) is 4.79 Å². The zero-order chi connectivity index (χ0) is 13.3. The van der Waals surface area contributed by atoms with Crippen LogP contribution in [0.2, 0.25) is 0 Å². The van der Waals surface area contributed by atoms with Gasteiger partial charge in [0.1, 0.15) is 11.9 Å². The van der Waals surface area contributed by atoms with Crippen molar-refractivity contribution in [3.63, 3.8) is 0 Å². The summed E-state index contributed by atoms with van der Waals surface area (Å²) in [6, 6.07) is 3.14. The minimum absolute atomic E-state index is 0.194. The summed E-state index contributed by atoms with van der Waals surface area (Å²) in [5.74, 6) is -1.83. The first-order valence-electron chi connectivity index (χ1n) is 5.49. The second-order valence-electron chi connectivity index (χ2n) is 4.12. The molecule has 1 amide bonds. The molecule has 1 aliphatic rings. The van der Waals surface area contributed by atoms with Gasteiger partial charge in [0.15, 0.2) is 0 Å². The number of halogens is 2. The Balaban J connectivity index is 2.25. The average Bonchev–Trinajstić information content (AvgIpc) is 2.81. The number of carbonyl (C=O) groups is 2. The third kappa shape index (κ3) is 2.38. The normalized spacial score (nSPS) is 19.0. The highest BCUT2D eigenvalue weighted by Crippen LogP contribution is 2.23. The van der Waals surface area contributed by atoms with Crippen molar-refractivity contribution in [3.8, 4) is 0 Å². The number of hydrogen-bond acceptors (Lipinski definition) is 2. The van der Waals surface area contributed by atoms with Gasteiger partial charge < -0.3 is 10.0 Å². The molecular weight excluding hydrogens is 305 g/mol. The molecule has 0 unspecified atom stereocenters. The number of rotatable bonds is 2. The van der Waals surface area contributed by atoms with Gasteiger partial charge in [-0.2, -0.15) is 0 Å². The SMILES string of the molecule is O=C(O)[C@@H]1CCCN1C(=O)c1ccc(F)c(Br)c1. The van der Waals surface area contributed by atoms with Gasteiger partial charge in [0.25, 0.3) is 5.91 Å². The number of nitrogens with zero attached hydrogens (tertiary/aromatic N) is 1. The van der Waals surface area contributed by atoms with Crippen molar-refractivity contribution in [2.24, 2.45) is 0 Å². The molecule has 1 aromatic rings. The lowest BCUT2D eigenvalue weighted by Gasteiger charge is -2.21. The van der Waals surface area contributed by atoms with E-state index < -0.39 is 17.8 Å². The van der Waals surface area contributed by atoms with Crippen molar-refractivity contribution in [1.82, 2.24) is 4.90 Å². The van der Waals surface area contributed by atoms with Crippen molar-refractivity contribution in [2.75, 3.05) is 6.54 Å². The third-order valence-corrected chi connectivity index (χ3v) is 3.57. The molecule has 1 saturated heterocycles. The second-order valence-corrected chi connectivity index (χ2v) is 4.98. The van der Waals surface area contributed by atoms with Crippen LogP contribution in [0.3, 0.4) is 0 Å². The molecule has 0 bridgehead atoms. The number of carboxylic acid groups (broad SMARTS) is 1. The average molecular weight is 316 g/mol. The Morgan fingerprint density at radius 2 is 2.17 bits per heavy atom. The van der Waals surface area contributed by atoms with Crippen LogP contribution < -0.4 is 0 Å². The van der Waals surface area contributed by atoms with Gasteiger partial charge in [0, 0.05) is 12.1 Å². The maximum absolute atomic E-state index is 13.1. The van der Waals surface area contributed by atoms with Crippen molar-refractivity contribution in [2.45, 2.75) is 18.9 Å². The Morgan fingerprint density at radius 3 is 2.78 bits per heavy atom. The van der Waals surface area contributed by atoms with Crippen LogP contribution in [0.4, 0.5) is 4.39 Å². The molecule has 1 heterocycles. The fourth-order valence-electron chi connectivity index (χ4n) is 2.06. The molecule has 2 rings (SSSR count). The van der Waals surface area contributed by atoms with Gasteiger partial charge in [-0.15, -0.1) is 0 Å². The molecule has 96 valence electrons. The number of hydrogen-bond donors (Lipinski definition) is 1. The lowest BCUT2D eigenvalue weighted by atomic mass is 10.1. The lowest BCUT2D eigenvalue weighted by Crippen LogP contribution is -2.40. The molecule has 0 spiro atoms. The quantitative estimate of drug-likeness (QED) is 0.911. The summed E-state index contributed by atoms with van der Waals surface area (Å²) in [6.45, 7) is 0.421. The van der Waals surface area contributed by atoms with Crippen molar-refractivity contribution >= 4 is 27.8 Å². The molecule has 1 aliphatic heterocycles. The highest BCUT2D eigenvalue weighted by molar-refractivity contribution is 9.10. The summed E-state index contributed by atoms with van der Waals surface area (Å²) in [4.78, 5) is 24.5. The Bertz CT molecular complexity index is 506. The number of aliphatic carboxylic acids is 1. The van der Waals surface area contributed by atoms with Gasteiger partial charge in [-0.25, -0.2) is 9.18 Å². The number of carbonyl (C=O) groups excluding carboxylic acids is 1. The summed E-state index contributed by atoms with van der Waals surface area (Å²) in [5, 5.41) is 9.02. The van der Waals surface area contributed by atoms with E-state index in [1.165, 1.54) is 23.1 Å². The molecule has 18 heavy (non-hydrogen) atoms. The number of likely N-dealkylation sites (tertiary alicyclic amines) is 1. The number of carboxylic acids is 1. The van der Waals surface area contributed by atoms with Gasteiger partial charge in [-0.1, -0.05) is 0 Å². The van der Waals surface area contributed by atoms with Gasteiger partial charge in [0.05, 0.1) is 4.47 Å². The minimum Gasteiger partial charge on any atom is -0.480 e. The molecule has 0 saturated carbocycles. The first-order chi connectivity index (χ1) is 8.50. The molecule has 1 atom stereocenters. The van der Waals surface area contributed by atoms with Crippen LogP contribution in [0.15, 0.2) is 22.7 Å². The smallest absolute Gasteiger partial charge is 0.326 e. The summed E-state index contributed by atoms with van der Waals surface area (Å²) in [6.07, 6.45) is 1.13. The highest BCUT2D eigenvalue weighted by Gasteiger charge is 2.34. The van der Waals surface area contributed by atoms with Crippen molar-refractivity contribution < 1.29 is 19.1 Å². The third-order valence-electron chi connectivity index (χ3n) is 2.97. The van der Waals surface area contributed by atoms with E-state index in [4.69, 9.17) is 5.11 Å². The fraction of sp³-hybridized carbons (Fsp3) is 0.333. The Hall–Kier alpha value is -1.43. The zero-order valence-electron chi connectivity index (χ0n) is 9.40. The van der Waals surface area contributed by atoms with Crippen molar-refractivity contribution in [3.05, 3.63) is 34.1 Å². The number of amides is 1. The van der Waals surface area contributed by atoms with Crippen molar-refractivity contribution in [1.29, 1.82) is 0 Å². The van der Waals surface area contributed by atoms with Crippen LogP contribution >= 0.6 is 15.9 Å².